The molecule has 2 aromatic heterocycles. The quantitative estimate of drug-likeness (QED) is 0.514. The fourth-order valence-corrected chi connectivity index (χ4v) is 3.45. The second-order valence-corrected chi connectivity index (χ2v) is 7.36. The van der Waals surface area contributed by atoms with Crippen LogP contribution >= 0.6 is 11.6 Å². The zero-order chi connectivity index (χ0) is 20.1. The van der Waals surface area contributed by atoms with Crippen LogP contribution in [0.25, 0.3) is 16.8 Å². The Morgan fingerprint density at radius 3 is 2.68 bits per heavy atom. The Hall–Kier alpha value is -2.53. The van der Waals surface area contributed by atoms with Crippen LogP contribution in [-0.4, -0.2) is 20.5 Å². The van der Waals surface area contributed by atoms with Gasteiger partial charge in [-0.2, -0.15) is 5.10 Å². The van der Waals surface area contributed by atoms with Gasteiger partial charge in [0.1, 0.15) is 5.75 Å². The van der Waals surface area contributed by atoms with Crippen molar-refractivity contribution in [2.24, 2.45) is 0 Å². The number of nitrogens with zero attached hydrogens (tertiary/aromatic N) is 3. The van der Waals surface area contributed by atoms with Gasteiger partial charge < -0.3 is 9.30 Å². The maximum atomic E-state index is 11.9. The molecule has 3 rings (SSSR count). The fraction of sp³-hybridized carbons (Fsp3) is 0.364. The van der Waals surface area contributed by atoms with E-state index in [0.29, 0.717) is 11.6 Å². The average molecular weight is 400 g/mol. The first-order valence-corrected chi connectivity index (χ1v) is 10.1. The molecular formula is C22H26ClN3O2. The van der Waals surface area contributed by atoms with Gasteiger partial charge >= 0.3 is 0 Å². The highest BCUT2D eigenvalue weighted by molar-refractivity contribution is 6.33. The third-order valence-electron chi connectivity index (χ3n) is 4.56. The van der Waals surface area contributed by atoms with E-state index in [1.807, 2.05) is 37.5 Å². The number of aryl methyl sites for hydroxylation is 1. The molecule has 0 fully saturated rings. The van der Waals surface area contributed by atoms with E-state index in [0.717, 1.165) is 41.8 Å². The van der Waals surface area contributed by atoms with Crippen molar-refractivity contribution in [1.82, 2.24) is 14.3 Å². The second-order valence-electron chi connectivity index (χ2n) is 6.95. The maximum absolute atomic E-state index is 11.9. The summed E-state index contributed by atoms with van der Waals surface area (Å²) in [6.07, 6.45) is 8.66. The molecule has 1 atom stereocenters. The summed E-state index contributed by atoms with van der Waals surface area (Å²) in [5.41, 5.74) is 2.63. The number of hydrogen-bond acceptors (Lipinski definition) is 3. The Morgan fingerprint density at radius 1 is 1.14 bits per heavy atom. The minimum Gasteiger partial charge on any atom is -0.491 e. The van der Waals surface area contributed by atoms with Gasteiger partial charge in [-0.05, 0) is 44.0 Å². The van der Waals surface area contributed by atoms with Gasteiger partial charge in [-0.25, -0.2) is 4.68 Å². The predicted molar refractivity (Wildman–Crippen MR) is 114 cm³/mol. The molecule has 0 bridgehead atoms. The summed E-state index contributed by atoms with van der Waals surface area (Å²) in [5.74, 6) is 0.772. The van der Waals surface area contributed by atoms with Gasteiger partial charge in [-0.1, -0.05) is 31.9 Å². The number of pyridine rings is 1. The zero-order valence-corrected chi connectivity index (χ0v) is 17.3. The highest BCUT2D eigenvalue weighted by Gasteiger charge is 2.11. The largest absolute Gasteiger partial charge is 0.491 e. The molecule has 148 valence electrons. The van der Waals surface area contributed by atoms with Crippen molar-refractivity contribution in [3.63, 3.8) is 0 Å². The summed E-state index contributed by atoms with van der Waals surface area (Å²) < 4.78 is 9.37. The number of ether oxygens (including phenoxy) is 1. The summed E-state index contributed by atoms with van der Waals surface area (Å²) in [5, 5.41) is 5.06. The van der Waals surface area contributed by atoms with Gasteiger partial charge in [0, 0.05) is 36.1 Å². The van der Waals surface area contributed by atoms with E-state index in [1.165, 1.54) is 0 Å². The molecule has 0 amide bonds. The zero-order valence-electron chi connectivity index (χ0n) is 16.6. The summed E-state index contributed by atoms with van der Waals surface area (Å²) in [7, 11) is 0. The lowest BCUT2D eigenvalue weighted by Gasteiger charge is -2.14. The van der Waals surface area contributed by atoms with Crippen molar-refractivity contribution in [3.8, 4) is 22.6 Å². The van der Waals surface area contributed by atoms with Crippen LogP contribution in [0.4, 0.5) is 0 Å². The molecule has 3 aromatic rings. The normalized spacial score (nSPS) is 12.1. The van der Waals surface area contributed by atoms with Crippen molar-refractivity contribution in [3.05, 3.63) is 64.3 Å². The number of hydrogen-bond donors (Lipinski definition) is 0. The Morgan fingerprint density at radius 2 is 1.96 bits per heavy atom. The molecule has 0 aliphatic carbocycles. The first-order valence-electron chi connectivity index (χ1n) is 9.74. The average Bonchev–Trinajstić information content (AvgIpc) is 3.14. The minimum absolute atomic E-state index is 0.00564. The van der Waals surface area contributed by atoms with Gasteiger partial charge in [0.2, 0.25) is 0 Å². The topological polar surface area (TPSA) is 49.1 Å². The van der Waals surface area contributed by atoms with Crippen LogP contribution in [0.2, 0.25) is 5.02 Å². The fourth-order valence-electron chi connectivity index (χ4n) is 3.17. The molecule has 28 heavy (non-hydrogen) atoms. The molecule has 0 saturated carbocycles. The summed E-state index contributed by atoms with van der Waals surface area (Å²) in [6.45, 7) is 6.93. The maximum Gasteiger partial charge on any atom is 0.250 e. The number of aromatic nitrogens is 3. The SMILES string of the molecule is CCCC(C)Oc1ccc(-c2cnn(-c3ccc(=O)n(CCC)c3)c2)c(Cl)c1. The Labute approximate surface area is 170 Å². The summed E-state index contributed by atoms with van der Waals surface area (Å²) in [6, 6.07) is 9.09. The van der Waals surface area contributed by atoms with Gasteiger partial charge in [0.15, 0.2) is 0 Å². The molecule has 6 heteroatoms. The predicted octanol–water partition coefficient (Wildman–Crippen LogP) is 5.33. The third-order valence-corrected chi connectivity index (χ3v) is 4.88. The van der Waals surface area contributed by atoms with E-state index in [1.54, 1.807) is 27.6 Å². The molecule has 5 nitrogen and oxygen atoms in total. The third kappa shape index (κ3) is 4.65. The number of rotatable bonds is 8. The van der Waals surface area contributed by atoms with Crippen LogP contribution in [0.5, 0.6) is 5.75 Å². The molecule has 2 heterocycles. The van der Waals surface area contributed by atoms with E-state index >= 15 is 0 Å². The van der Waals surface area contributed by atoms with Gasteiger partial charge in [0.05, 0.1) is 23.0 Å². The van der Waals surface area contributed by atoms with Crippen molar-refractivity contribution < 1.29 is 4.74 Å². The standard InChI is InChI=1S/C22H26ClN3O2/c1-4-6-16(3)28-19-8-9-20(21(23)12-19)17-13-24-26(14-17)18-7-10-22(27)25(15-18)11-5-2/h7-10,12-16H,4-6,11H2,1-3H3. The first kappa shape index (κ1) is 20.2. The van der Waals surface area contributed by atoms with Crippen LogP contribution in [0.1, 0.15) is 40.0 Å². The van der Waals surface area contributed by atoms with Gasteiger partial charge in [-0.3, -0.25) is 4.79 Å². The minimum atomic E-state index is -0.00564. The Balaban J connectivity index is 1.84. The monoisotopic (exact) mass is 399 g/mol. The van der Waals surface area contributed by atoms with Crippen LogP contribution < -0.4 is 10.3 Å². The van der Waals surface area contributed by atoms with Crippen molar-refractivity contribution in [2.75, 3.05) is 0 Å². The van der Waals surface area contributed by atoms with Crippen molar-refractivity contribution in [2.45, 2.75) is 52.7 Å². The number of benzene rings is 1. The van der Waals surface area contributed by atoms with Crippen LogP contribution in [0.3, 0.4) is 0 Å². The molecule has 0 aliphatic heterocycles. The highest BCUT2D eigenvalue weighted by atomic mass is 35.5. The van der Waals surface area contributed by atoms with Crippen LogP contribution in [0.15, 0.2) is 53.7 Å². The molecule has 0 aliphatic rings. The van der Waals surface area contributed by atoms with E-state index in [9.17, 15) is 4.79 Å². The molecule has 0 radical (unpaired) electrons. The summed E-state index contributed by atoms with van der Waals surface area (Å²) >= 11 is 6.50. The lowest BCUT2D eigenvalue weighted by molar-refractivity contribution is 0.210. The Bertz CT molecular complexity index is 993. The molecule has 0 spiro atoms. The highest BCUT2D eigenvalue weighted by Crippen LogP contribution is 2.32. The Kier molecular flexibility index (Phi) is 6.57. The van der Waals surface area contributed by atoms with Gasteiger partial charge in [-0.15, -0.1) is 0 Å². The van der Waals surface area contributed by atoms with Gasteiger partial charge in [0.25, 0.3) is 5.56 Å². The van der Waals surface area contributed by atoms with Crippen molar-refractivity contribution >= 4 is 11.6 Å². The molecule has 0 saturated heterocycles. The van der Waals surface area contributed by atoms with E-state index < -0.39 is 0 Å². The second kappa shape index (κ2) is 9.11. The smallest absolute Gasteiger partial charge is 0.250 e. The van der Waals surface area contributed by atoms with Crippen LogP contribution in [-0.2, 0) is 6.54 Å². The van der Waals surface area contributed by atoms with Crippen LogP contribution in [0, 0.1) is 0 Å². The van der Waals surface area contributed by atoms with E-state index in [4.69, 9.17) is 16.3 Å². The van der Waals surface area contributed by atoms with Crippen molar-refractivity contribution in [1.29, 1.82) is 0 Å². The lowest BCUT2D eigenvalue weighted by atomic mass is 10.1. The van der Waals surface area contributed by atoms with E-state index in [2.05, 4.69) is 18.9 Å². The first-order chi connectivity index (χ1) is 13.5. The van der Waals surface area contributed by atoms with E-state index in [-0.39, 0.29) is 11.7 Å². The lowest BCUT2D eigenvalue weighted by Crippen LogP contribution is -2.19. The molecular weight excluding hydrogens is 374 g/mol. The molecule has 1 unspecified atom stereocenters. The number of halogens is 1. The molecule has 0 N–H and O–H groups in total. The summed E-state index contributed by atoms with van der Waals surface area (Å²) in [4.78, 5) is 11.9. The molecule has 1 aromatic carbocycles.